The topological polar surface area (TPSA) is 20.2 Å². The summed E-state index contributed by atoms with van der Waals surface area (Å²) in [7, 11) is 0. The van der Waals surface area contributed by atoms with Crippen LogP contribution in [0.5, 0.6) is 5.75 Å². The summed E-state index contributed by atoms with van der Waals surface area (Å²) in [5, 5.41) is 10.6. The van der Waals surface area contributed by atoms with E-state index in [0.29, 0.717) is 5.75 Å². The summed E-state index contributed by atoms with van der Waals surface area (Å²) >= 11 is 6.28. The summed E-state index contributed by atoms with van der Waals surface area (Å²) in [5.41, 5.74) is 3.85. The Morgan fingerprint density at radius 1 is 0.955 bits per heavy atom. The summed E-state index contributed by atoms with van der Waals surface area (Å²) in [6.07, 6.45) is 7.40. The molecule has 0 aromatic heterocycles. The van der Waals surface area contributed by atoms with E-state index in [4.69, 9.17) is 11.6 Å². The van der Waals surface area contributed by atoms with E-state index in [9.17, 15) is 5.11 Å². The highest BCUT2D eigenvalue weighted by Gasteiger charge is 2.35. The zero-order valence-corrected chi connectivity index (χ0v) is 13.9. The Morgan fingerprint density at radius 3 is 2.32 bits per heavy atom. The van der Waals surface area contributed by atoms with E-state index in [1.165, 1.54) is 42.4 Å². The number of phenols is 1. The van der Waals surface area contributed by atoms with Crippen LogP contribution in [0.3, 0.4) is 0 Å². The SMILES string of the molecule is Cc1cc(O)ccc1C1(c2cccc(Cl)c2)CCCCCC1. The monoisotopic (exact) mass is 314 g/mol. The average Bonchev–Trinajstić information content (AvgIpc) is 2.74. The molecule has 3 rings (SSSR count). The second kappa shape index (κ2) is 6.34. The molecule has 0 aliphatic heterocycles. The molecule has 0 spiro atoms. The summed E-state index contributed by atoms with van der Waals surface area (Å²) in [4.78, 5) is 0. The van der Waals surface area contributed by atoms with Crippen molar-refractivity contribution in [1.29, 1.82) is 0 Å². The summed E-state index contributed by atoms with van der Waals surface area (Å²) < 4.78 is 0. The fourth-order valence-corrected chi connectivity index (χ4v) is 4.21. The highest BCUT2D eigenvalue weighted by molar-refractivity contribution is 6.30. The molecule has 22 heavy (non-hydrogen) atoms. The Morgan fingerprint density at radius 2 is 1.68 bits per heavy atom. The third kappa shape index (κ3) is 2.87. The van der Waals surface area contributed by atoms with E-state index in [0.717, 1.165) is 17.9 Å². The minimum Gasteiger partial charge on any atom is -0.508 e. The van der Waals surface area contributed by atoms with Gasteiger partial charge in [0.1, 0.15) is 5.75 Å². The van der Waals surface area contributed by atoms with E-state index in [2.05, 4.69) is 31.2 Å². The molecule has 1 N–H and O–H groups in total. The molecule has 0 saturated heterocycles. The first-order valence-electron chi connectivity index (χ1n) is 8.18. The summed E-state index contributed by atoms with van der Waals surface area (Å²) in [6.45, 7) is 2.10. The van der Waals surface area contributed by atoms with Gasteiger partial charge in [-0.3, -0.25) is 0 Å². The average molecular weight is 315 g/mol. The molecular weight excluding hydrogens is 292 g/mol. The van der Waals surface area contributed by atoms with Crippen molar-refractivity contribution >= 4 is 11.6 Å². The highest BCUT2D eigenvalue weighted by Crippen LogP contribution is 2.46. The largest absolute Gasteiger partial charge is 0.508 e. The zero-order valence-electron chi connectivity index (χ0n) is 13.1. The predicted octanol–water partition coefficient (Wildman–Crippen LogP) is 5.99. The molecule has 0 unspecified atom stereocenters. The van der Waals surface area contributed by atoms with Crippen LogP contribution in [0.2, 0.25) is 5.02 Å². The van der Waals surface area contributed by atoms with Gasteiger partial charge in [-0.15, -0.1) is 0 Å². The lowest BCUT2D eigenvalue weighted by molar-refractivity contribution is 0.440. The fourth-order valence-electron chi connectivity index (χ4n) is 4.02. The quantitative estimate of drug-likeness (QED) is 0.674. The van der Waals surface area contributed by atoms with Crippen LogP contribution in [0.25, 0.3) is 0 Å². The molecule has 0 atom stereocenters. The van der Waals surface area contributed by atoms with Crippen molar-refractivity contribution in [2.24, 2.45) is 0 Å². The van der Waals surface area contributed by atoms with E-state index >= 15 is 0 Å². The van der Waals surface area contributed by atoms with Crippen LogP contribution < -0.4 is 0 Å². The number of benzene rings is 2. The maximum atomic E-state index is 9.77. The standard InChI is InChI=1S/C20H23ClO/c1-15-13-18(22)9-10-19(15)20(11-4-2-3-5-12-20)16-7-6-8-17(21)14-16/h6-10,13-14,22H,2-5,11-12H2,1H3. The van der Waals surface area contributed by atoms with Crippen LogP contribution in [-0.4, -0.2) is 5.11 Å². The molecule has 1 fully saturated rings. The molecule has 2 aromatic carbocycles. The van der Waals surface area contributed by atoms with Crippen molar-refractivity contribution in [1.82, 2.24) is 0 Å². The molecule has 1 aliphatic carbocycles. The van der Waals surface area contributed by atoms with Gasteiger partial charge in [-0.05, 0) is 60.7 Å². The minimum atomic E-state index is 0.0270. The summed E-state index contributed by atoms with van der Waals surface area (Å²) in [6, 6.07) is 14.1. The first-order valence-corrected chi connectivity index (χ1v) is 8.56. The van der Waals surface area contributed by atoms with Gasteiger partial charge < -0.3 is 5.11 Å². The van der Waals surface area contributed by atoms with Gasteiger partial charge in [0.05, 0.1) is 0 Å². The normalized spacial score (nSPS) is 17.9. The van der Waals surface area contributed by atoms with Gasteiger partial charge in [0.2, 0.25) is 0 Å². The zero-order chi connectivity index (χ0) is 15.6. The molecule has 2 aromatic rings. The Labute approximate surface area is 137 Å². The lowest BCUT2D eigenvalue weighted by Gasteiger charge is -2.36. The van der Waals surface area contributed by atoms with E-state index < -0.39 is 0 Å². The highest BCUT2D eigenvalue weighted by atomic mass is 35.5. The maximum absolute atomic E-state index is 9.77. The fraction of sp³-hybridized carbons (Fsp3) is 0.400. The molecular formula is C20H23ClO. The van der Waals surface area contributed by atoms with E-state index in [1.807, 2.05) is 18.2 Å². The molecule has 0 radical (unpaired) electrons. The van der Waals surface area contributed by atoms with Gasteiger partial charge in [0, 0.05) is 10.4 Å². The number of aryl methyl sites for hydroxylation is 1. The van der Waals surface area contributed by atoms with Crippen LogP contribution in [0.4, 0.5) is 0 Å². The third-order valence-corrected chi connectivity index (χ3v) is 5.29. The van der Waals surface area contributed by atoms with Crippen molar-refractivity contribution in [3.05, 3.63) is 64.2 Å². The first kappa shape index (κ1) is 15.4. The molecule has 1 aliphatic rings. The third-order valence-electron chi connectivity index (χ3n) is 5.06. The van der Waals surface area contributed by atoms with E-state index in [1.54, 1.807) is 0 Å². The molecule has 0 bridgehead atoms. The minimum absolute atomic E-state index is 0.0270. The first-order chi connectivity index (χ1) is 10.6. The van der Waals surface area contributed by atoms with Crippen molar-refractivity contribution in [3.63, 3.8) is 0 Å². The number of rotatable bonds is 2. The predicted molar refractivity (Wildman–Crippen MR) is 92.8 cm³/mol. The second-order valence-electron chi connectivity index (χ2n) is 6.51. The molecule has 2 heteroatoms. The van der Waals surface area contributed by atoms with Crippen LogP contribution in [-0.2, 0) is 5.41 Å². The van der Waals surface area contributed by atoms with E-state index in [-0.39, 0.29) is 5.41 Å². The van der Waals surface area contributed by atoms with Crippen molar-refractivity contribution < 1.29 is 5.11 Å². The van der Waals surface area contributed by atoms with Crippen molar-refractivity contribution in [3.8, 4) is 5.75 Å². The molecule has 0 amide bonds. The van der Waals surface area contributed by atoms with Gasteiger partial charge in [-0.25, -0.2) is 0 Å². The Kier molecular flexibility index (Phi) is 4.44. The molecule has 1 nitrogen and oxygen atoms in total. The summed E-state index contributed by atoms with van der Waals surface area (Å²) in [5.74, 6) is 0.344. The van der Waals surface area contributed by atoms with Gasteiger partial charge in [0.15, 0.2) is 0 Å². The van der Waals surface area contributed by atoms with Gasteiger partial charge in [-0.1, -0.05) is 55.5 Å². The number of phenolic OH excluding ortho intramolecular Hbond substituents is 1. The van der Waals surface area contributed by atoms with Crippen LogP contribution in [0.1, 0.15) is 55.2 Å². The Hall–Kier alpha value is -1.47. The lowest BCUT2D eigenvalue weighted by Crippen LogP contribution is -2.28. The maximum Gasteiger partial charge on any atom is 0.115 e. The lowest BCUT2D eigenvalue weighted by atomic mass is 9.68. The van der Waals surface area contributed by atoms with Gasteiger partial charge in [-0.2, -0.15) is 0 Å². The van der Waals surface area contributed by atoms with Gasteiger partial charge in [0.25, 0.3) is 0 Å². The van der Waals surface area contributed by atoms with Crippen LogP contribution in [0, 0.1) is 6.92 Å². The second-order valence-corrected chi connectivity index (χ2v) is 6.94. The van der Waals surface area contributed by atoms with Gasteiger partial charge >= 0.3 is 0 Å². The van der Waals surface area contributed by atoms with Crippen molar-refractivity contribution in [2.45, 2.75) is 50.9 Å². The molecule has 0 heterocycles. The van der Waals surface area contributed by atoms with Crippen LogP contribution in [0.15, 0.2) is 42.5 Å². The Bertz CT molecular complexity index is 655. The van der Waals surface area contributed by atoms with Crippen molar-refractivity contribution in [2.75, 3.05) is 0 Å². The number of hydrogen-bond donors (Lipinski definition) is 1. The number of halogens is 1. The number of aromatic hydroxyl groups is 1. The Balaban J connectivity index is 2.18. The van der Waals surface area contributed by atoms with Crippen LogP contribution >= 0.6 is 11.6 Å². The smallest absolute Gasteiger partial charge is 0.115 e. The number of hydrogen-bond acceptors (Lipinski definition) is 1. The molecule has 116 valence electrons. The molecule has 1 saturated carbocycles.